The monoisotopic (exact) mass is 230 g/mol. The fourth-order valence-corrected chi connectivity index (χ4v) is 1.51. The van der Waals surface area contributed by atoms with Crippen LogP contribution in [0, 0.1) is 0 Å². The van der Waals surface area contributed by atoms with E-state index < -0.39 is 13.6 Å². The van der Waals surface area contributed by atoms with Crippen LogP contribution in [0.1, 0.15) is 12.5 Å². The second-order valence-electron chi connectivity index (χ2n) is 2.99. The summed E-state index contributed by atoms with van der Waals surface area (Å²) >= 11 is 0. The van der Waals surface area contributed by atoms with E-state index in [4.69, 9.17) is 14.5 Å². The number of carbonyl (C=O) groups is 1. The van der Waals surface area contributed by atoms with Gasteiger partial charge in [-0.05, 0) is 17.7 Å². The van der Waals surface area contributed by atoms with Crippen molar-refractivity contribution >= 4 is 18.9 Å². The van der Waals surface area contributed by atoms with Crippen LogP contribution in [0.4, 0.5) is 0 Å². The predicted molar refractivity (Wildman–Crippen MR) is 53.6 cm³/mol. The van der Waals surface area contributed by atoms with Gasteiger partial charge in [0.1, 0.15) is 6.61 Å². The molecule has 0 radical (unpaired) electrons. The zero-order valence-electron chi connectivity index (χ0n) is 8.08. The van der Waals surface area contributed by atoms with Crippen molar-refractivity contribution in [3.8, 4) is 0 Å². The van der Waals surface area contributed by atoms with Crippen LogP contribution in [0.25, 0.3) is 0 Å². The van der Waals surface area contributed by atoms with Gasteiger partial charge in [0, 0.05) is 6.92 Å². The topological polar surface area (TPSA) is 83.8 Å². The number of carbonyl (C=O) groups excluding carboxylic acids is 1. The number of hydrogen-bond acceptors (Lipinski definition) is 3. The van der Waals surface area contributed by atoms with Crippen LogP contribution in [0.3, 0.4) is 0 Å². The Labute approximate surface area is 86.9 Å². The zero-order chi connectivity index (χ0) is 11.5. The molecule has 0 aromatic heterocycles. The molecule has 15 heavy (non-hydrogen) atoms. The maximum Gasteiger partial charge on any atom is 0.356 e. The molecule has 0 heterocycles. The molecule has 0 bridgehead atoms. The number of benzene rings is 1. The minimum absolute atomic E-state index is 0.0472. The molecule has 5 nitrogen and oxygen atoms in total. The maximum absolute atomic E-state index is 10.8. The van der Waals surface area contributed by atoms with Crippen LogP contribution in [0.15, 0.2) is 24.3 Å². The molecule has 82 valence electrons. The Morgan fingerprint density at radius 2 is 1.87 bits per heavy atom. The minimum Gasteiger partial charge on any atom is -0.461 e. The van der Waals surface area contributed by atoms with E-state index in [1.165, 1.54) is 31.2 Å². The summed E-state index contributed by atoms with van der Waals surface area (Å²) in [6, 6.07) is 5.66. The predicted octanol–water partition coefficient (Wildman–Crippen LogP) is 0.553. The highest BCUT2D eigenvalue weighted by atomic mass is 31.2. The van der Waals surface area contributed by atoms with Crippen molar-refractivity contribution in [3.05, 3.63) is 29.8 Å². The summed E-state index contributed by atoms with van der Waals surface area (Å²) in [6.07, 6.45) is 0. The van der Waals surface area contributed by atoms with Crippen LogP contribution in [-0.2, 0) is 20.7 Å². The number of ether oxygens (including phenoxy) is 1. The van der Waals surface area contributed by atoms with Crippen LogP contribution in [-0.4, -0.2) is 15.8 Å². The molecule has 0 atom stereocenters. The van der Waals surface area contributed by atoms with Crippen LogP contribution in [0.5, 0.6) is 0 Å². The number of hydrogen-bond donors (Lipinski definition) is 2. The van der Waals surface area contributed by atoms with Crippen molar-refractivity contribution in [2.75, 3.05) is 0 Å². The molecule has 0 unspecified atom stereocenters. The van der Waals surface area contributed by atoms with E-state index in [1.807, 2.05) is 0 Å². The van der Waals surface area contributed by atoms with Crippen molar-refractivity contribution in [1.29, 1.82) is 0 Å². The van der Waals surface area contributed by atoms with Crippen molar-refractivity contribution in [2.24, 2.45) is 0 Å². The van der Waals surface area contributed by atoms with Gasteiger partial charge >= 0.3 is 13.6 Å². The fourth-order valence-electron chi connectivity index (χ4n) is 0.971. The molecule has 0 saturated heterocycles. The minimum atomic E-state index is -4.18. The second kappa shape index (κ2) is 4.57. The molecular formula is C9H11O5P. The van der Waals surface area contributed by atoms with Gasteiger partial charge in [-0.2, -0.15) is 0 Å². The van der Waals surface area contributed by atoms with Crippen molar-refractivity contribution in [3.63, 3.8) is 0 Å². The Bertz CT molecular complexity index is 391. The molecule has 6 heteroatoms. The van der Waals surface area contributed by atoms with Gasteiger partial charge in [-0.3, -0.25) is 9.36 Å². The lowest BCUT2D eigenvalue weighted by atomic mass is 10.2. The van der Waals surface area contributed by atoms with Gasteiger partial charge in [-0.25, -0.2) is 0 Å². The van der Waals surface area contributed by atoms with Gasteiger partial charge in [-0.1, -0.05) is 12.1 Å². The standard InChI is InChI=1S/C9H11O5P/c1-7(10)14-6-8-2-4-9(5-3-8)15(11,12)13/h2-5H,6H2,1H3,(H2,11,12,13). The third-order valence-electron chi connectivity index (χ3n) is 1.71. The average molecular weight is 230 g/mol. The van der Waals surface area contributed by atoms with Gasteiger partial charge in [0.2, 0.25) is 0 Å². The van der Waals surface area contributed by atoms with Crippen molar-refractivity contribution < 1.29 is 23.9 Å². The molecule has 2 N–H and O–H groups in total. The molecule has 1 aromatic carbocycles. The third kappa shape index (κ3) is 3.83. The Balaban J connectivity index is 2.73. The van der Waals surface area contributed by atoms with Gasteiger partial charge in [0.05, 0.1) is 5.30 Å². The summed E-state index contributed by atoms with van der Waals surface area (Å²) < 4.78 is 15.5. The molecule has 1 rings (SSSR count). The Morgan fingerprint density at radius 3 is 2.27 bits per heavy atom. The van der Waals surface area contributed by atoms with Gasteiger partial charge in [0.15, 0.2) is 0 Å². The molecule has 0 aliphatic carbocycles. The van der Waals surface area contributed by atoms with Crippen molar-refractivity contribution in [2.45, 2.75) is 13.5 Å². The zero-order valence-corrected chi connectivity index (χ0v) is 8.98. The van der Waals surface area contributed by atoms with Gasteiger partial charge < -0.3 is 14.5 Å². The van der Waals surface area contributed by atoms with Crippen LogP contribution >= 0.6 is 7.60 Å². The smallest absolute Gasteiger partial charge is 0.356 e. The summed E-state index contributed by atoms with van der Waals surface area (Å²) in [4.78, 5) is 28.1. The lowest BCUT2D eigenvalue weighted by molar-refractivity contribution is -0.142. The van der Waals surface area contributed by atoms with Gasteiger partial charge in [-0.15, -0.1) is 0 Å². The molecule has 0 aliphatic heterocycles. The molecule has 0 amide bonds. The second-order valence-corrected chi connectivity index (χ2v) is 4.60. The summed E-state index contributed by atoms with van der Waals surface area (Å²) in [5, 5.41) is -0.0472. The molecule has 0 aliphatic rings. The third-order valence-corrected chi connectivity index (χ3v) is 2.69. The van der Waals surface area contributed by atoms with E-state index in [1.54, 1.807) is 0 Å². The summed E-state index contributed by atoms with van der Waals surface area (Å²) in [6.45, 7) is 1.40. The molecule has 0 fully saturated rings. The van der Waals surface area contributed by atoms with E-state index in [0.29, 0.717) is 5.56 Å². The van der Waals surface area contributed by atoms with E-state index in [-0.39, 0.29) is 11.9 Å². The first-order valence-electron chi connectivity index (χ1n) is 4.18. The van der Waals surface area contributed by atoms with E-state index in [2.05, 4.69) is 0 Å². The SMILES string of the molecule is CC(=O)OCc1ccc(P(=O)(O)O)cc1. The van der Waals surface area contributed by atoms with E-state index in [0.717, 1.165) is 0 Å². The molecule has 1 aromatic rings. The fraction of sp³-hybridized carbons (Fsp3) is 0.222. The highest BCUT2D eigenvalue weighted by molar-refractivity contribution is 7.60. The lowest BCUT2D eigenvalue weighted by Gasteiger charge is -2.05. The van der Waals surface area contributed by atoms with E-state index in [9.17, 15) is 9.36 Å². The molecular weight excluding hydrogens is 219 g/mol. The first-order chi connectivity index (χ1) is 6.89. The van der Waals surface area contributed by atoms with Crippen LogP contribution < -0.4 is 5.30 Å². The Morgan fingerprint density at radius 1 is 1.33 bits per heavy atom. The van der Waals surface area contributed by atoms with E-state index >= 15 is 0 Å². The first kappa shape index (κ1) is 11.9. The first-order valence-corrected chi connectivity index (χ1v) is 5.79. The maximum atomic E-state index is 10.8. The molecule has 0 spiro atoms. The Kier molecular flexibility index (Phi) is 3.63. The number of rotatable bonds is 3. The van der Waals surface area contributed by atoms with Crippen molar-refractivity contribution in [1.82, 2.24) is 0 Å². The largest absolute Gasteiger partial charge is 0.461 e. The van der Waals surface area contributed by atoms with Gasteiger partial charge in [0.25, 0.3) is 0 Å². The highest BCUT2D eigenvalue weighted by Crippen LogP contribution is 2.32. The Hall–Kier alpha value is -1.16. The normalized spacial score (nSPS) is 11.1. The lowest BCUT2D eigenvalue weighted by Crippen LogP contribution is -2.04. The number of esters is 1. The summed E-state index contributed by atoms with van der Waals surface area (Å²) in [5.41, 5.74) is 0.683. The average Bonchev–Trinajstić information content (AvgIpc) is 2.14. The summed E-state index contributed by atoms with van der Waals surface area (Å²) in [7, 11) is -4.18. The van der Waals surface area contributed by atoms with Crippen LogP contribution in [0.2, 0.25) is 0 Å². The quantitative estimate of drug-likeness (QED) is 0.585. The summed E-state index contributed by atoms with van der Waals surface area (Å²) in [5.74, 6) is -0.394. The molecule has 0 saturated carbocycles. The highest BCUT2D eigenvalue weighted by Gasteiger charge is 2.15.